The Kier molecular flexibility index (Phi) is 4.86. The molecule has 8 heteroatoms. The van der Waals surface area contributed by atoms with Crippen LogP contribution >= 0.6 is 0 Å². The Morgan fingerprint density at radius 3 is 2.00 bits per heavy atom. The number of hydrogen-bond donors (Lipinski definition) is 1. The minimum Gasteiger partial charge on any atom is -0.343 e. The highest BCUT2D eigenvalue weighted by Gasteiger charge is 2.30. The Morgan fingerprint density at radius 1 is 0.875 bits per heavy atom. The number of carbonyl (C=O) groups excluding carboxylic acids is 1. The topological polar surface area (TPSA) is 29.1 Å². The van der Waals surface area contributed by atoms with Gasteiger partial charge in [0, 0.05) is 5.56 Å². The predicted molar refractivity (Wildman–Crippen MR) is 75.3 cm³/mol. The van der Waals surface area contributed by atoms with Crippen LogP contribution in [0.15, 0.2) is 48.5 Å². The van der Waals surface area contributed by atoms with Crippen molar-refractivity contribution >= 4 is 5.91 Å². The van der Waals surface area contributed by atoms with Gasteiger partial charge in [0.15, 0.2) is 0 Å². The summed E-state index contributed by atoms with van der Waals surface area (Å²) in [5.74, 6) is -0.956. The second kappa shape index (κ2) is 6.54. The van der Waals surface area contributed by atoms with Crippen LogP contribution in [0.2, 0.25) is 0 Å². The second-order valence-electron chi connectivity index (χ2n) is 4.92. The summed E-state index contributed by atoms with van der Waals surface area (Å²) < 4.78 is 74.3. The van der Waals surface area contributed by atoms with Gasteiger partial charge in [-0.15, -0.1) is 0 Å². The van der Waals surface area contributed by atoms with Crippen LogP contribution in [0, 0.1) is 0 Å². The van der Waals surface area contributed by atoms with E-state index in [0.29, 0.717) is 5.56 Å². The molecule has 24 heavy (non-hydrogen) atoms. The van der Waals surface area contributed by atoms with E-state index in [1.165, 1.54) is 36.4 Å². The van der Waals surface area contributed by atoms with E-state index in [1.54, 1.807) is 5.32 Å². The standard InChI is InChI=1S/C16H11F6NO/c17-15(18,19)9-23-14(24)13-4-2-1-3-12(13)10-5-7-11(8-6-10)16(20,21)22/h1-8H,9H2,(H,23,24). The van der Waals surface area contributed by atoms with E-state index in [1.807, 2.05) is 0 Å². The summed E-state index contributed by atoms with van der Waals surface area (Å²) in [5, 5.41) is 1.74. The fraction of sp³-hybridized carbons (Fsp3) is 0.188. The maximum absolute atomic E-state index is 12.6. The molecule has 0 aliphatic rings. The molecule has 0 saturated heterocycles. The fourth-order valence-corrected chi connectivity index (χ4v) is 2.05. The summed E-state index contributed by atoms with van der Waals surface area (Å²) in [4.78, 5) is 11.9. The van der Waals surface area contributed by atoms with E-state index in [-0.39, 0.29) is 11.1 Å². The first-order valence-corrected chi connectivity index (χ1v) is 6.69. The quantitative estimate of drug-likeness (QED) is 0.804. The molecule has 0 aliphatic carbocycles. The average molecular weight is 347 g/mol. The highest BCUT2D eigenvalue weighted by Crippen LogP contribution is 2.31. The molecule has 128 valence electrons. The molecule has 0 saturated carbocycles. The third-order valence-electron chi connectivity index (χ3n) is 3.14. The zero-order valence-corrected chi connectivity index (χ0v) is 12.0. The molecule has 2 aromatic rings. The number of hydrogen-bond acceptors (Lipinski definition) is 1. The van der Waals surface area contributed by atoms with Gasteiger partial charge in [0.25, 0.3) is 5.91 Å². The van der Waals surface area contributed by atoms with Crippen molar-refractivity contribution < 1.29 is 31.1 Å². The smallest absolute Gasteiger partial charge is 0.343 e. The van der Waals surface area contributed by atoms with Gasteiger partial charge in [-0.2, -0.15) is 26.3 Å². The number of amides is 1. The van der Waals surface area contributed by atoms with Crippen molar-refractivity contribution in [2.75, 3.05) is 6.54 Å². The van der Waals surface area contributed by atoms with Crippen molar-refractivity contribution in [3.63, 3.8) is 0 Å². The van der Waals surface area contributed by atoms with Gasteiger partial charge in [-0.3, -0.25) is 4.79 Å². The van der Waals surface area contributed by atoms with Crippen LogP contribution < -0.4 is 5.32 Å². The zero-order valence-electron chi connectivity index (χ0n) is 12.0. The molecular weight excluding hydrogens is 336 g/mol. The van der Waals surface area contributed by atoms with Crippen LogP contribution in [-0.2, 0) is 6.18 Å². The predicted octanol–water partition coefficient (Wildman–Crippen LogP) is 4.66. The molecule has 2 nitrogen and oxygen atoms in total. The van der Waals surface area contributed by atoms with Crippen molar-refractivity contribution in [1.29, 1.82) is 0 Å². The van der Waals surface area contributed by atoms with Crippen LogP contribution in [0.3, 0.4) is 0 Å². The molecule has 0 bridgehead atoms. The molecule has 2 aromatic carbocycles. The van der Waals surface area contributed by atoms with Crippen molar-refractivity contribution in [2.24, 2.45) is 0 Å². The highest BCUT2D eigenvalue weighted by molar-refractivity contribution is 6.00. The van der Waals surface area contributed by atoms with Crippen molar-refractivity contribution in [3.05, 3.63) is 59.7 Å². The lowest BCUT2D eigenvalue weighted by molar-refractivity contribution is -0.137. The maximum Gasteiger partial charge on any atom is 0.416 e. The molecule has 0 heterocycles. The van der Waals surface area contributed by atoms with E-state index < -0.39 is 30.4 Å². The summed E-state index contributed by atoms with van der Waals surface area (Å²) in [6.07, 6.45) is -9.05. The molecule has 0 atom stereocenters. The largest absolute Gasteiger partial charge is 0.416 e. The Bertz CT molecular complexity index is 719. The number of alkyl halides is 6. The maximum atomic E-state index is 12.6. The summed E-state index contributed by atoms with van der Waals surface area (Å²) in [6.45, 7) is -1.49. The molecule has 1 amide bonds. The van der Waals surface area contributed by atoms with E-state index in [9.17, 15) is 31.1 Å². The van der Waals surface area contributed by atoms with Gasteiger partial charge >= 0.3 is 12.4 Å². The van der Waals surface area contributed by atoms with Gasteiger partial charge in [0.05, 0.1) is 5.56 Å². The van der Waals surface area contributed by atoms with E-state index in [4.69, 9.17) is 0 Å². The first kappa shape index (κ1) is 17.8. The number of rotatable bonds is 3. The first-order valence-electron chi connectivity index (χ1n) is 6.69. The summed E-state index contributed by atoms with van der Waals surface area (Å²) in [6, 6.07) is 9.77. The van der Waals surface area contributed by atoms with Crippen LogP contribution in [0.4, 0.5) is 26.3 Å². The summed E-state index contributed by atoms with van der Waals surface area (Å²) >= 11 is 0. The molecule has 0 radical (unpaired) electrons. The monoisotopic (exact) mass is 347 g/mol. The van der Waals surface area contributed by atoms with Crippen LogP contribution in [0.25, 0.3) is 11.1 Å². The van der Waals surface area contributed by atoms with Gasteiger partial charge < -0.3 is 5.32 Å². The second-order valence-corrected chi connectivity index (χ2v) is 4.92. The Morgan fingerprint density at radius 2 is 1.46 bits per heavy atom. The Balaban J connectivity index is 2.30. The molecule has 0 fully saturated rings. The molecule has 0 unspecified atom stereocenters. The minimum absolute atomic E-state index is 0.0542. The van der Waals surface area contributed by atoms with Crippen molar-refractivity contribution in [3.8, 4) is 11.1 Å². The lowest BCUT2D eigenvalue weighted by Crippen LogP contribution is -2.33. The summed E-state index contributed by atoms with van der Waals surface area (Å²) in [5.41, 5.74) is -0.376. The highest BCUT2D eigenvalue weighted by atomic mass is 19.4. The molecule has 0 spiro atoms. The van der Waals surface area contributed by atoms with Crippen LogP contribution in [0.1, 0.15) is 15.9 Å². The average Bonchev–Trinajstić information content (AvgIpc) is 2.51. The molecule has 0 aliphatic heterocycles. The van der Waals surface area contributed by atoms with Crippen molar-refractivity contribution in [2.45, 2.75) is 12.4 Å². The fourth-order valence-electron chi connectivity index (χ4n) is 2.05. The first-order chi connectivity index (χ1) is 11.1. The number of benzene rings is 2. The van der Waals surface area contributed by atoms with Gasteiger partial charge in [-0.25, -0.2) is 0 Å². The van der Waals surface area contributed by atoms with Gasteiger partial charge in [-0.1, -0.05) is 30.3 Å². The third-order valence-corrected chi connectivity index (χ3v) is 3.14. The van der Waals surface area contributed by atoms with Gasteiger partial charge in [-0.05, 0) is 29.3 Å². The minimum atomic E-state index is -4.56. The zero-order chi connectivity index (χ0) is 18.0. The lowest BCUT2D eigenvalue weighted by atomic mass is 9.98. The molecular formula is C16H11F6NO. The molecule has 1 N–H and O–H groups in total. The van der Waals surface area contributed by atoms with Gasteiger partial charge in [0.1, 0.15) is 6.54 Å². The molecule has 2 rings (SSSR count). The van der Waals surface area contributed by atoms with Crippen LogP contribution in [0.5, 0.6) is 0 Å². The third kappa shape index (κ3) is 4.50. The number of halogens is 6. The molecule has 0 aromatic heterocycles. The van der Waals surface area contributed by atoms with Gasteiger partial charge in [0.2, 0.25) is 0 Å². The Labute approximate surface area is 133 Å². The van der Waals surface area contributed by atoms with Crippen LogP contribution in [-0.4, -0.2) is 18.6 Å². The summed E-state index contributed by atoms with van der Waals surface area (Å²) in [7, 11) is 0. The van der Waals surface area contributed by atoms with E-state index in [2.05, 4.69) is 0 Å². The van der Waals surface area contributed by atoms with E-state index in [0.717, 1.165) is 12.1 Å². The SMILES string of the molecule is O=C(NCC(F)(F)F)c1ccccc1-c1ccc(C(F)(F)F)cc1. The van der Waals surface area contributed by atoms with E-state index >= 15 is 0 Å². The number of carbonyl (C=O) groups is 1. The number of nitrogens with one attached hydrogen (secondary N) is 1. The van der Waals surface area contributed by atoms with Crippen molar-refractivity contribution in [1.82, 2.24) is 5.32 Å². The lowest BCUT2D eigenvalue weighted by Gasteiger charge is -2.13. The normalized spacial score (nSPS) is 12.1. The Hall–Kier alpha value is -2.51.